The number of benzene rings is 2. The average molecular weight is 439 g/mol. The third kappa shape index (κ3) is 7.70. The van der Waals surface area contributed by atoms with Gasteiger partial charge in [0, 0.05) is 6.42 Å². The molecule has 1 N–H and O–H groups in total. The molecule has 0 spiro atoms. The molecule has 0 aliphatic carbocycles. The number of carbonyl (C=O) groups excluding carboxylic acids is 1. The first-order valence-corrected chi connectivity index (χ1v) is 9.92. The van der Waals surface area contributed by atoms with Crippen molar-refractivity contribution in [3.05, 3.63) is 53.6 Å². The number of rotatable bonds is 10. The second-order valence-electron chi connectivity index (χ2n) is 7.45. The smallest absolute Gasteiger partial charge is 0.422 e. The normalized spacial score (nSPS) is 12.4. The molecule has 5 nitrogen and oxygen atoms in total. The summed E-state index contributed by atoms with van der Waals surface area (Å²) in [7, 11) is 2.95. The van der Waals surface area contributed by atoms with E-state index in [1.165, 1.54) is 13.2 Å². The van der Waals surface area contributed by atoms with E-state index in [9.17, 15) is 18.0 Å². The fraction of sp³-hybridized carbons (Fsp3) is 0.435. The van der Waals surface area contributed by atoms with Crippen LogP contribution in [0.2, 0.25) is 0 Å². The van der Waals surface area contributed by atoms with E-state index in [2.05, 4.69) is 5.32 Å². The summed E-state index contributed by atoms with van der Waals surface area (Å²) < 4.78 is 52.2. The summed E-state index contributed by atoms with van der Waals surface area (Å²) in [4.78, 5) is 12.5. The zero-order valence-electron chi connectivity index (χ0n) is 18.1. The maximum Gasteiger partial charge on any atom is 0.422 e. The topological polar surface area (TPSA) is 56.8 Å². The molecule has 0 radical (unpaired) electrons. The van der Waals surface area contributed by atoms with Crippen LogP contribution in [0.3, 0.4) is 0 Å². The summed E-state index contributed by atoms with van der Waals surface area (Å²) >= 11 is 0. The minimum absolute atomic E-state index is 0.00686. The molecule has 2 rings (SSSR count). The molecule has 0 aliphatic heterocycles. The van der Waals surface area contributed by atoms with Gasteiger partial charge < -0.3 is 19.5 Å². The molecule has 0 saturated heterocycles. The van der Waals surface area contributed by atoms with Crippen molar-refractivity contribution in [2.45, 2.75) is 38.9 Å². The van der Waals surface area contributed by atoms with Gasteiger partial charge in [-0.2, -0.15) is 13.2 Å². The van der Waals surface area contributed by atoms with Crippen molar-refractivity contribution in [1.82, 2.24) is 5.32 Å². The van der Waals surface area contributed by atoms with E-state index in [0.29, 0.717) is 6.42 Å². The van der Waals surface area contributed by atoms with Crippen LogP contribution in [-0.2, 0) is 11.2 Å². The van der Waals surface area contributed by atoms with Crippen molar-refractivity contribution in [3.63, 3.8) is 0 Å². The maximum absolute atomic E-state index is 12.5. The molecule has 0 bridgehead atoms. The van der Waals surface area contributed by atoms with Crippen LogP contribution in [0.25, 0.3) is 0 Å². The Hall–Kier alpha value is -2.90. The number of ether oxygens (including phenoxy) is 3. The van der Waals surface area contributed by atoms with Gasteiger partial charge in [-0.25, -0.2) is 0 Å². The van der Waals surface area contributed by atoms with Crippen molar-refractivity contribution < 1.29 is 32.2 Å². The fourth-order valence-electron chi connectivity index (χ4n) is 3.10. The molecule has 31 heavy (non-hydrogen) atoms. The molecule has 1 amide bonds. The number of aryl methyl sites for hydroxylation is 1. The molecule has 170 valence electrons. The number of hydrogen-bond donors (Lipinski definition) is 1. The Morgan fingerprint density at radius 2 is 1.68 bits per heavy atom. The SMILES string of the molecule is COc1ccc(C(NC(=O)CCc2ccc(OCC(F)(F)F)c(OC)c2)C(C)C)cc1. The first-order valence-electron chi connectivity index (χ1n) is 9.92. The molecule has 0 fully saturated rings. The minimum atomic E-state index is -4.43. The Kier molecular flexibility index (Phi) is 8.59. The number of methoxy groups -OCH3 is 2. The molecule has 1 unspecified atom stereocenters. The van der Waals surface area contributed by atoms with Crippen LogP contribution in [0.1, 0.15) is 37.4 Å². The standard InChI is InChI=1S/C23H28F3NO4/c1-15(2)22(17-7-9-18(29-3)10-8-17)27-21(28)12-6-16-5-11-19(20(13-16)30-4)31-14-23(24,25)26/h5,7-11,13,15,22H,6,12,14H2,1-4H3,(H,27,28). The van der Waals surface area contributed by atoms with Gasteiger partial charge in [0.2, 0.25) is 5.91 Å². The predicted octanol–water partition coefficient (Wildman–Crippen LogP) is 5.09. The summed E-state index contributed by atoms with van der Waals surface area (Å²) in [6, 6.07) is 12.0. The highest BCUT2D eigenvalue weighted by atomic mass is 19.4. The van der Waals surface area contributed by atoms with Crippen molar-refractivity contribution in [1.29, 1.82) is 0 Å². The monoisotopic (exact) mass is 439 g/mol. The molecular weight excluding hydrogens is 411 g/mol. The van der Waals surface area contributed by atoms with Crippen LogP contribution in [0, 0.1) is 5.92 Å². The van der Waals surface area contributed by atoms with Gasteiger partial charge in [-0.1, -0.05) is 32.0 Å². The fourth-order valence-corrected chi connectivity index (χ4v) is 3.10. The van der Waals surface area contributed by atoms with Gasteiger partial charge in [0.05, 0.1) is 20.3 Å². The van der Waals surface area contributed by atoms with Gasteiger partial charge in [-0.05, 0) is 47.7 Å². The summed E-state index contributed by atoms with van der Waals surface area (Å²) in [5.74, 6) is 1.01. The molecule has 0 aromatic heterocycles. The summed E-state index contributed by atoms with van der Waals surface area (Å²) in [5.41, 5.74) is 1.74. The van der Waals surface area contributed by atoms with Crippen LogP contribution in [0.15, 0.2) is 42.5 Å². The van der Waals surface area contributed by atoms with Crippen LogP contribution >= 0.6 is 0 Å². The second-order valence-corrected chi connectivity index (χ2v) is 7.45. The Morgan fingerprint density at radius 3 is 2.23 bits per heavy atom. The lowest BCUT2D eigenvalue weighted by molar-refractivity contribution is -0.153. The van der Waals surface area contributed by atoms with E-state index < -0.39 is 12.8 Å². The number of hydrogen-bond acceptors (Lipinski definition) is 4. The lowest BCUT2D eigenvalue weighted by atomic mass is 9.95. The summed E-state index contributed by atoms with van der Waals surface area (Å²) in [5, 5.41) is 3.06. The van der Waals surface area contributed by atoms with E-state index in [4.69, 9.17) is 14.2 Å². The highest BCUT2D eigenvalue weighted by Gasteiger charge is 2.29. The third-order valence-electron chi connectivity index (χ3n) is 4.72. The van der Waals surface area contributed by atoms with Crippen molar-refractivity contribution >= 4 is 5.91 Å². The third-order valence-corrected chi connectivity index (χ3v) is 4.72. The van der Waals surface area contributed by atoms with Crippen LogP contribution < -0.4 is 19.5 Å². The van der Waals surface area contributed by atoms with Crippen LogP contribution in [0.4, 0.5) is 13.2 Å². The summed E-state index contributed by atoms with van der Waals surface area (Å²) in [6.45, 7) is 2.66. The average Bonchev–Trinajstić information content (AvgIpc) is 2.74. The lowest BCUT2D eigenvalue weighted by Gasteiger charge is -2.23. The number of nitrogens with one attached hydrogen (secondary N) is 1. The molecule has 8 heteroatoms. The minimum Gasteiger partial charge on any atom is -0.497 e. The van der Waals surface area contributed by atoms with Gasteiger partial charge in [0.1, 0.15) is 5.75 Å². The number of halogens is 3. The first-order chi connectivity index (χ1) is 14.6. The molecule has 1 atom stereocenters. The van der Waals surface area contributed by atoms with E-state index in [-0.39, 0.29) is 35.8 Å². The number of amides is 1. The molecule has 0 heterocycles. The zero-order chi connectivity index (χ0) is 23.0. The molecule has 2 aromatic rings. The van der Waals surface area contributed by atoms with Crippen molar-refractivity contribution in [2.75, 3.05) is 20.8 Å². The van der Waals surface area contributed by atoms with Crippen LogP contribution in [0.5, 0.6) is 17.2 Å². The van der Waals surface area contributed by atoms with Crippen molar-refractivity contribution in [3.8, 4) is 17.2 Å². The van der Waals surface area contributed by atoms with Gasteiger partial charge in [0.25, 0.3) is 0 Å². The van der Waals surface area contributed by atoms with Gasteiger partial charge >= 0.3 is 6.18 Å². The highest BCUT2D eigenvalue weighted by molar-refractivity contribution is 5.76. The molecular formula is C23H28F3NO4. The van der Waals surface area contributed by atoms with E-state index >= 15 is 0 Å². The quantitative estimate of drug-likeness (QED) is 0.560. The molecule has 0 aliphatic rings. The van der Waals surface area contributed by atoms with Crippen molar-refractivity contribution in [2.24, 2.45) is 5.92 Å². The zero-order valence-corrected chi connectivity index (χ0v) is 18.1. The number of alkyl halides is 3. The molecule has 0 saturated carbocycles. The maximum atomic E-state index is 12.5. The van der Waals surface area contributed by atoms with Crippen LogP contribution in [-0.4, -0.2) is 32.9 Å². The van der Waals surface area contributed by atoms with Gasteiger partial charge in [-0.3, -0.25) is 4.79 Å². The first kappa shape index (κ1) is 24.4. The number of carbonyl (C=O) groups is 1. The Balaban J connectivity index is 1.98. The van der Waals surface area contributed by atoms with E-state index in [1.807, 2.05) is 38.1 Å². The Morgan fingerprint density at radius 1 is 1.00 bits per heavy atom. The summed E-state index contributed by atoms with van der Waals surface area (Å²) in [6.07, 6.45) is -3.79. The Labute approximate surface area is 180 Å². The molecule has 2 aromatic carbocycles. The van der Waals surface area contributed by atoms with Gasteiger partial charge in [-0.15, -0.1) is 0 Å². The highest BCUT2D eigenvalue weighted by Crippen LogP contribution is 2.30. The predicted molar refractivity (Wildman–Crippen MR) is 112 cm³/mol. The Bertz CT molecular complexity index is 851. The van der Waals surface area contributed by atoms with Gasteiger partial charge in [0.15, 0.2) is 18.1 Å². The lowest BCUT2D eigenvalue weighted by Crippen LogP contribution is -2.31. The van der Waals surface area contributed by atoms with E-state index in [1.54, 1.807) is 19.2 Å². The largest absolute Gasteiger partial charge is 0.497 e. The van der Waals surface area contributed by atoms with E-state index in [0.717, 1.165) is 16.9 Å². The second kappa shape index (κ2) is 10.9.